The van der Waals surface area contributed by atoms with Crippen LogP contribution in [0, 0.1) is 6.92 Å². The number of carbonyl (C=O) groups is 1. The minimum atomic E-state index is -3.18. The van der Waals surface area contributed by atoms with E-state index in [4.69, 9.17) is 21.1 Å². The fourth-order valence-corrected chi connectivity index (χ4v) is 2.68. The first kappa shape index (κ1) is 21.2. The standard InChI is InChI=1S/C21H23ClF2O3/c1-13(2)26-19(25)20(4,5)27-17-10-11-18(14(3)12-17)21(23,24)15-6-8-16(22)9-7-15/h6-13H,1-5H3. The summed E-state index contributed by atoms with van der Waals surface area (Å²) in [5.74, 6) is -3.39. The number of halogens is 3. The molecular weight excluding hydrogens is 374 g/mol. The lowest BCUT2D eigenvalue weighted by Crippen LogP contribution is -2.40. The summed E-state index contributed by atoms with van der Waals surface area (Å²) in [6.45, 7) is 8.20. The van der Waals surface area contributed by atoms with Gasteiger partial charge in [0.15, 0.2) is 5.60 Å². The largest absolute Gasteiger partial charge is 0.476 e. The molecule has 3 nitrogen and oxygen atoms in total. The van der Waals surface area contributed by atoms with Crippen LogP contribution in [0.1, 0.15) is 44.4 Å². The van der Waals surface area contributed by atoms with E-state index in [0.717, 1.165) is 0 Å². The Morgan fingerprint density at radius 2 is 1.67 bits per heavy atom. The lowest BCUT2D eigenvalue weighted by atomic mass is 9.96. The summed E-state index contributed by atoms with van der Waals surface area (Å²) in [6, 6.07) is 9.69. The molecule has 0 unspecified atom stereocenters. The van der Waals surface area contributed by atoms with Crippen molar-refractivity contribution in [2.24, 2.45) is 0 Å². The van der Waals surface area contributed by atoms with E-state index in [1.165, 1.54) is 42.5 Å². The maximum absolute atomic E-state index is 14.9. The van der Waals surface area contributed by atoms with Crippen molar-refractivity contribution in [3.8, 4) is 5.75 Å². The van der Waals surface area contributed by atoms with Crippen LogP contribution in [-0.2, 0) is 15.5 Å². The Morgan fingerprint density at radius 3 is 2.19 bits per heavy atom. The zero-order valence-electron chi connectivity index (χ0n) is 16.0. The van der Waals surface area contributed by atoms with Crippen LogP contribution in [0.5, 0.6) is 5.75 Å². The Kier molecular flexibility index (Phi) is 6.15. The number of aryl methyl sites for hydroxylation is 1. The number of hydrogen-bond donors (Lipinski definition) is 0. The maximum atomic E-state index is 14.9. The SMILES string of the molecule is Cc1cc(OC(C)(C)C(=O)OC(C)C)ccc1C(F)(F)c1ccc(Cl)cc1. The van der Waals surface area contributed by atoms with Gasteiger partial charge in [-0.3, -0.25) is 0 Å². The maximum Gasteiger partial charge on any atom is 0.350 e. The van der Waals surface area contributed by atoms with Crippen molar-refractivity contribution in [1.82, 2.24) is 0 Å². The summed E-state index contributed by atoms with van der Waals surface area (Å²) in [4.78, 5) is 12.1. The second-order valence-corrected chi connectivity index (χ2v) is 7.56. The molecule has 0 bridgehead atoms. The van der Waals surface area contributed by atoms with Crippen molar-refractivity contribution in [2.45, 2.75) is 52.2 Å². The predicted molar refractivity (Wildman–Crippen MR) is 102 cm³/mol. The van der Waals surface area contributed by atoms with Gasteiger partial charge in [0.05, 0.1) is 6.10 Å². The summed E-state index contributed by atoms with van der Waals surface area (Å²) < 4.78 is 40.6. The van der Waals surface area contributed by atoms with Gasteiger partial charge in [-0.25, -0.2) is 4.79 Å². The summed E-state index contributed by atoms with van der Waals surface area (Å²) in [7, 11) is 0. The average molecular weight is 397 g/mol. The molecule has 27 heavy (non-hydrogen) atoms. The molecule has 2 rings (SSSR count). The number of benzene rings is 2. The third-order valence-electron chi connectivity index (χ3n) is 3.95. The molecule has 146 valence electrons. The van der Waals surface area contributed by atoms with E-state index < -0.39 is 17.5 Å². The number of hydrogen-bond acceptors (Lipinski definition) is 3. The lowest BCUT2D eigenvalue weighted by molar-refractivity contribution is -0.163. The molecule has 0 heterocycles. The molecule has 6 heteroatoms. The van der Waals surface area contributed by atoms with Gasteiger partial charge in [0.2, 0.25) is 0 Å². The van der Waals surface area contributed by atoms with Crippen LogP contribution in [0.15, 0.2) is 42.5 Å². The van der Waals surface area contributed by atoms with E-state index in [2.05, 4.69) is 0 Å². The van der Waals surface area contributed by atoms with Crippen molar-refractivity contribution < 1.29 is 23.0 Å². The van der Waals surface area contributed by atoms with Gasteiger partial charge < -0.3 is 9.47 Å². The molecule has 2 aromatic rings. The number of esters is 1. The fraction of sp³-hybridized carbons (Fsp3) is 0.381. The van der Waals surface area contributed by atoms with Gasteiger partial charge in [-0.2, -0.15) is 8.78 Å². The zero-order chi connectivity index (χ0) is 20.4. The molecule has 0 fully saturated rings. The lowest BCUT2D eigenvalue weighted by Gasteiger charge is -2.26. The highest BCUT2D eigenvalue weighted by Crippen LogP contribution is 2.39. The Hall–Kier alpha value is -2.14. The van der Waals surface area contributed by atoms with Crippen LogP contribution in [0.4, 0.5) is 8.78 Å². The van der Waals surface area contributed by atoms with Gasteiger partial charge in [-0.05, 0) is 70.5 Å². The summed E-state index contributed by atoms with van der Waals surface area (Å²) in [5.41, 5.74) is -1.18. The van der Waals surface area contributed by atoms with Crippen LogP contribution < -0.4 is 4.74 Å². The topological polar surface area (TPSA) is 35.5 Å². The second-order valence-electron chi connectivity index (χ2n) is 7.12. The quantitative estimate of drug-likeness (QED) is 0.570. The highest BCUT2D eigenvalue weighted by molar-refractivity contribution is 6.30. The molecule has 0 N–H and O–H groups in total. The van der Waals surface area contributed by atoms with Crippen LogP contribution in [-0.4, -0.2) is 17.7 Å². The Labute approximate surface area is 163 Å². The first-order chi connectivity index (χ1) is 12.4. The molecule has 0 aliphatic heterocycles. The number of carbonyl (C=O) groups excluding carboxylic acids is 1. The molecule has 0 atom stereocenters. The zero-order valence-corrected chi connectivity index (χ0v) is 16.7. The van der Waals surface area contributed by atoms with E-state index in [1.807, 2.05) is 0 Å². The predicted octanol–water partition coefficient (Wildman–Crippen LogP) is 5.90. The highest BCUT2D eigenvalue weighted by Gasteiger charge is 2.36. The average Bonchev–Trinajstić information content (AvgIpc) is 2.54. The molecule has 0 amide bonds. The second kappa shape index (κ2) is 7.85. The van der Waals surface area contributed by atoms with Crippen LogP contribution in [0.3, 0.4) is 0 Å². The Morgan fingerprint density at radius 1 is 1.07 bits per heavy atom. The number of rotatable bonds is 6. The van der Waals surface area contributed by atoms with E-state index in [-0.39, 0.29) is 17.2 Å². The van der Waals surface area contributed by atoms with Gasteiger partial charge in [0.25, 0.3) is 5.92 Å². The third kappa shape index (κ3) is 4.98. The first-order valence-electron chi connectivity index (χ1n) is 8.58. The number of alkyl halides is 2. The minimum absolute atomic E-state index is 0.139. The van der Waals surface area contributed by atoms with E-state index in [1.54, 1.807) is 34.6 Å². The third-order valence-corrected chi connectivity index (χ3v) is 4.20. The van der Waals surface area contributed by atoms with Crippen molar-refractivity contribution >= 4 is 17.6 Å². The van der Waals surface area contributed by atoms with Gasteiger partial charge in [0, 0.05) is 16.1 Å². The molecule has 0 spiro atoms. The Balaban J connectivity index is 2.27. The fourth-order valence-electron chi connectivity index (χ4n) is 2.56. The van der Waals surface area contributed by atoms with Gasteiger partial charge >= 0.3 is 5.97 Å². The van der Waals surface area contributed by atoms with Crippen LogP contribution >= 0.6 is 11.6 Å². The monoisotopic (exact) mass is 396 g/mol. The molecule has 0 aliphatic rings. The van der Waals surface area contributed by atoms with Crippen LogP contribution in [0.25, 0.3) is 0 Å². The van der Waals surface area contributed by atoms with Gasteiger partial charge in [-0.1, -0.05) is 23.7 Å². The van der Waals surface area contributed by atoms with Crippen LogP contribution in [0.2, 0.25) is 5.02 Å². The summed E-state index contributed by atoms with van der Waals surface area (Å²) in [6.07, 6.45) is -0.275. The molecule has 0 radical (unpaired) electrons. The molecule has 0 saturated carbocycles. The minimum Gasteiger partial charge on any atom is -0.476 e. The summed E-state index contributed by atoms with van der Waals surface area (Å²) >= 11 is 5.78. The first-order valence-corrected chi connectivity index (χ1v) is 8.96. The molecule has 0 aromatic heterocycles. The van der Waals surface area contributed by atoms with E-state index in [9.17, 15) is 13.6 Å². The molecule has 2 aromatic carbocycles. The summed E-state index contributed by atoms with van der Waals surface area (Å²) in [5, 5.41) is 0.394. The van der Waals surface area contributed by atoms with Gasteiger partial charge in [0.1, 0.15) is 5.75 Å². The molecular formula is C21H23ClF2O3. The van der Waals surface area contributed by atoms with Crippen molar-refractivity contribution in [1.29, 1.82) is 0 Å². The van der Waals surface area contributed by atoms with Crippen molar-refractivity contribution in [3.05, 3.63) is 64.2 Å². The van der Waals surface area contributed by atoms with Crippen molar-refractivity contribution in [3.63, 3.8) is 0 Å². The van der Waals surface area contributed by atoms with E-state index in [0.29, 0.717) is 16.3 Å². The van der Waals surface area contributed by atoms with E-state index >= 15 is 0 Å². The number of ether oxygens (including phenoxy) is 2. The van der Waals surface area contributed by atoms with Crippen molar-refractivity contribution in [2.75, 3.05) is 0 Å². The Bertz CT molecular complexity index is 815. The molecule has 0 aliphatic carbocycles. The normalized spacial score (nSPS) is 12.2. The molecule has 0 saturated heterocycles. The highest BCUT2D eigenvalue weighted by atomic mass is 35.5. The van der Waals surface area contributed by atoms with Gasteiger partial charge in [-0.15, -0.1) is 0 Å². The smallest absolute Gasteiger partial charge is 0.350 e.